The van der Waals surface area contributed by atoms with E-state index in [2.05, 4.69) is 62.8 Å². The summed E-state index contributed by atoms with van der Waals surface area (Å²) in [5.74, 6) is 0.821. The molecule has 4 heteroatoms. The molecule has 0 aromatic heterocycles. The molecule has 2 nitrogen and oxygen atoms in total. The number of ether oxygens (including phenoxy) is 1. The van der Waals surface area contributed by atoms with Gasteiger partial charge in [0.05, 0.1) is 8.95 Å². The van der Waals surface area contributed by atoms with Gasteiger partial charge < -0.3 is 10.1 Å². The summed E-state index contributed by atoms with van der Waals surface area (Å²) in [5, 5.41) is 3.38. The zero-order valence-electron chi connectivity index (χ0n) is 10.8. The first-order valence-corrected chi connectivity index (χ1v) is 7.65. The van der Waals surface area contributed by atoms with Crippen LogP contribution in [0.5, 0.6) is 5.75 Å². The number of halogens is 2. The Balaban J connectivity index is 2.80. The summed E-state index contributed by atoms with van der Waals surface area (Å²) >= 11 is 7.10. The van der Waals surface area contributed by atoms with Crippen molar-refractivity contribution >= 4 is 31.9 Å². The minimum absolute atomic E-state index is 0.0123. The summed E-state index contributed by atoms with van der Waals surface area (Å²) in [4.78, 5) is 0. The molecule has 0 aliphatic heterocycles. The number of hydrogen-bond acceptors (Lipinski definition) is 2. The van der Waals surface area contributed by atoms with E-state index in [0.29, 0.717) is 0 Å². The van der Waals surface area contributed by atoms with Crippen LogP contribution in [0.25, 0.3) is 0 Å². The molecule has 1 unspecified atom stereocenters. The van der Waals surface area contributed by atoms with Crippen LogP contribution in [0, 0.1) is 0 Å². The lowest BCUT2D eigenvalue weighted by atomic mass is 10.2. The third-order valence-corrected chi connectivity index (χ3v) is 3.63. The molecule has 1 N–H and O–H groups in total. The summed E-state index contributed by atoms with van der Waals surface area (Å²) in [6.07, 6.45) is 2.90. The van der Waals surface area contributed by atoms with E-state index in [4.69, 9.17) is 4.74 Å². The van der Waals surface area contributed by atoms with Crippen molar-refractivity contribution in [2.24, 2.45) is 0 Å². The van der Waals surface area contributed by atoms with E-state index in [9.17, 15) is 0 Å². The van der Waals surface area contributed by atoms with Gasteiger partial charge in [-0.25, -0.2) is 0 Å². The summed E-state index contributed by atoms with van der Waals surface area (Å²) in [6, 6.07) is 4.16. The first-order valence-electron chi connectivity index (χ1n) is 6.06. The highest BCUT2D eigenvalue weighted by Crippen LogP contribution is 2.35. The first-order chi connectivity index (χ1) is 8.58. The van der Waals surface area contributed by atoms with Crippen molar-refractivity contribution in [1.29, 1.82) is 0 Å². The van der Waals surface area contributed by atoms with Crippen molar-refractivity contribution in [3.8, 4) is 5.75 Å². The summed E-state index contributed by atoms with van der Waals surface area (Å²) in [7, 11) is 0. The van der Waals surface area contributed by atoms with Crippen molar-refractivity contribution < 1.29 is 4.74 Å². The lowest BCUT2D eigenvalue weighted by Gasteiger charge is -2.15. The van der Waals surface area contributed by atoms with Gasteiger partial charge in [0, 0.05) is 6.54 Å². The third-order valence-electron chi connectivity index (χ3n) is 2.45. The van der Waals surface area contributed by atoms with Crippen LogP contribution in [0.4, 0.5) is 0 Å². The summed E-state index contributed by atoms with van der Waals surface area (Å²) in [6.45, 7) is 9.73. The van der Waals surface area contributed by atoms with Gasteiger partial charge in [0.25, 0.3) is 0 Å². The highest BCUT2D eigenvalue weighted by Gasteiger charge is 2.10. The molecule has 1 aromatic carbocycles. The van der Waals surface area contributed by atoms with Gasteiger partial charge in [0.2, 0.25) is 0 Å². The Morgan fingerprint density at radius 2 is 2.00 bits per heavy atom. The topological polar surface area (TPSA) is 21.3 Å². The molecule has 1 rings (SSSR count). The highest BCUT2D eigenvalue weighted by atomic mass is 79.9. The summed E-state index contributed by atoms with van der Waals surface area (Å²) in [5.41, 5.74) is 1.22. The maximum atomic E-state index is 5.77. The molecule has 0 spiro atoms. The second-order valence-corrected chi connectivity index (χ2v) is 5.83. The number of benzene rings is 1. The molecule has 1 atom stereocenters. The van der Waals surface area contributed by atoms with Crippen LogP contribution in [-0.2, 0) is 6.54 Å². The van der Waals surface area contributed by atoms with E-state index in [0.717, 1.165) is 34.2 Å². The second-order valence-electron chi connectivity index (χ2n) is 4.12. The molecule has 0 amide bonds. The van der Waals surface area contributed by atoms with Crippen LogP contribution >= 0.6 is 31.9 Å². The largest absolute Gasteiger partial charge is 0.484 e. The maximum absolute atomic E-state index is 5.77. The normalized spacial score (nSPS) is 12.2. The molecule has 0 fully saturated rings. The molecular weight excluding hydrogens is 358 g/mol. The Bertz CT molecular complexity index is 384. The summed E-state index contributed by atoms with van der Waals surface area (Å²) < 4.78 is 7.69. The van der Waals surface area contributed by atoms with Gasteiger partial charge in [-0.1, -0.05) is 19.6 Å². The Morgan fingerprint density at radius 1 is 1.39 bits per heavy atom. The standard InChI is InChI=1S/C14H19Br2NO/c1-4-6-17-9-11-7-12(15)14(13(16)8-11)18-10(3)5-2/h5,7-8,10,17H,2,4,6,9H2,1,3H3. The second kappa shape index (κ2) is 7.97. The molecule has 0 saturated carbocycles. The minimum Gasteiger partial charge on any atom is -0.484 e. The maximum Gasteiger partial charge on any atom is 0.148 e. The third kappa shape index (κ3) is 4.75. The van der Waals surface area contributed by atoms with Gasteiger partial charge in [0.15, 0.2) is 0 Å². The molecule has 0 bridgehead atoms. The van der Waals surface area contributed by atoms with Crippen LogP contribution in [-0.4, -0.2) is 12.6 Å². The molecule has 0 aliphatic carbocycles. The van der Waals surface area contributed by atoms with Crippen molar-refractivity contribution in [1.82, 2.24) is 5.32 Å². The van der Waals surface area contributed by atoms with Crippen molar-refractivity contribution in [3.63, 3.8) is 0 Å². The monoisotopic (exact) mass is 375 g/mol. The van der Waals surface area contributed by atoms with E-state index in [1.165, 1.54) is 5.56 Å². The highest BCUT2D eigenvalue weighted by molar-refractivity contribution is 9.11. The van der Waals surface area contributed by atoms with E-state index in [1.807, 2.05) is 6.92 Å². The fourth-order valence-corrected chi connectivity index (χ4v) is 2.94. The Kier molecular flexibility index (Phi) is 6.97. The van der Waals surface area contributed by atoms with Crippen molar-refractivity contribution in [2.75, 3.05) is 6.54 Å². The van der Waals surface area contributed by atoms with Crippen LogP contribution in [0.2, 0.25) is 0 Å². The van der Waals surface area contributed by atoms with Crippen LogP contribution < -0.4 is 10.1 Å². The van der Waals surface area contributed by atoms with Gasteiger partial charge in [-0.05, 0) is 69.4 Å². The molecular formula is C14H19Br2NO. The molecule has 0 saturated heterocycles. The van der Waals surface area contributed by atoms with E-state index >= 15 is 0 Å². The SMILES string of the molecule is C=CC(C)Oc1c(Br)cc(CNCCC)cc1Br. The number of hydrogen-bond donors (Lipinski definition) is 1. The molecule has 1 aromatic rings. The Labute approximate surface area is 126 Å². The van der Waals surface area contributed by atoms with Gasteiger partial charge in [-0.3, -0.25) is 0 Å². The first kappa shape index (κ1) is 15.7. The van der Waals surface area contributed by atoms with Gasteiger partial charge in [0.1, 0.15) is 11.9 Å². The molecule has 0 aliphatic rings. The molecule has 0 heterocycles. The fourth-order valence-electron chi connectivity index (χ4n) is 1.47. The number of rotatable bonds is 7. The zero-order valence-corrected chi connectivity index (χ0v) is 14.0. The lowest BCUT2D eigenvalue weighted by Crippen LogP contribution is -2.14. The smallest absolute Gasteiger partial charge is 0.148 e. The lowest BCUT2D eigenvalue weighted by molar-refractivity contribution is 0.266. The predicted octanol–water partition coefficient (Wildman–Crippen LogP) is 4.66. The number of nitrogens with one attached hydrogen (secondary N) is 1. The quantitative estimate of drug-likeness (QED) is 0.551. The minimum atomic E-state index is -0.0123. The van der Waals surface area contributed by atoms with Crippen LogP contribution in [0.1, 0.15) is 25.8 Å². The van der Waals surface area contributed by atoms with Gasteiger partial charge in [-0.2, -0.15) is 0 Å². The predicted molar refractivity (Wildman–Crippen MR) is 84.1 cm³/mol. The average molecular weight is 377 g/mol. The zero-order chi connectivity index (χ0) is 13.5. The van der Waals surface area contributed by atoms with Crippen molar-refractivity contribution in [3.05, 3.63) is 39.3 Å². The van der Waals surface area contributed by atoms with E-state index in [-0.39, 0.29) is 6.10 Å². The van der Waals surface area contributed by atoms with E-state index < -0.39 is 0 Å². The molecule has 100 valence electrons. The van der Waals surface area contributed by atoms with Gasteiger partial charge >= 0.3 is 0 Å². The van der Waals surface area contributed by atoms with Crippen molar-refractivity contribution in [2.45, 2.75) is 32.9 Å². The Morgan fingerprint density at radius 3 is 2.50 bits per heavy atom. The molecule has 18 heavy (non-hydrogen) atoms. The van der Waals surface area contributed by atoms with Crippen LogP contribution in [0.3, 0.4) is 0 Å². The average Bonchev–Trinajstić information content (AvgIpc) is 2.34. The Hall–Kier alpha value is -0.320. The van der Waals surface area contributed by atoms with E-state index in [1.54, 1.807) is 6.08 Å². The molecule has 0 radical (unpaired) electrons. The fraction of sp³-hybridized carbons (Fsp3) is 0.429. The van der Waals surface area contributed by atoms with Crippen LogP contribution in [0.15, 0.2) is 33.7 Å². The van der Waals surface area contributed by atoms with Gasteiger partial charge in [-0.15, -0.1) is 0 Å².